The molecule has 1 fully saturated rings. The van der Waals surface area contributed by atoms with E-state index >= 15 is 0 Å². The molecule has 2 N–H and O–H groups in total. The van der Waals surface area contributed by atoms with Crippen LogP contribution in [-0.4, -0.2) is 33.7 Å². The Morgan fingerprint density at radius 1 is 1.32 bits per heavy atom. The first-order valence-corrected chi connectivity index (χ1v) is 6.76. The molecule has 0 aliphatic carbocycles. The summed E-state index contributed by atoms with van der Waals surface area (Å²) in [5, 5.41) is 10.4. The Bertz CT molecular complexity index is 528. The molecule has 106 valence electrons. The van der Waals surface area contributed by atoms with E-state index in [0.717, 1.165) is 23.4 Å². The molecular weight excluding hydrogens is 240 g/mol. The number of pyridine rings is 1. The smallest absolute Gasteiger partial charge is 0.187 e. The Hall–Kier alpha value is -1.13. The standard InChI is InChI=1S/C15H24N2O2/c1-10-6-16-12(11(2)13(10)18)7-17-8-14(3,4)15(5,19)9-17/h6,19H,7-9H2,1-5H3,(H,16,18)/t15-/m0/s1. The summed E-state index contributed by atoms with van der Waals surface area (Å²) < 4.78 is 0. The number of nitrogens with zero attached hydrogens (tertiary/aromatic N) is 1. The summed E-state index contributed by atoms with van der Waals surface area (Å²) in [4.78, 5) is 17.3. The summed E-state index contributed by atoms with van der Waals surface area (Å²) >= 11 is 0. The quantitative estimate of drug-likeness (QED) is 0.853. The van der Waals surface area contributed by atoms with Gasteiger partial charge < -0.3 is 10.1 Å². The van der Waals surface area contributed by atoms with Crippen LogP contribution in [0.15, 0.2) is 11.0 Å². The van der Waals surface area contributed by atoms with Gasteiger partial charge in [0.2, 0.25) is 0 Å². The molecule has 1 aliphatic heterocycles. The average molecular weight is 264 g/mol. The van der Waals surface area contributed by atoms with Crippen LogP contribution in [0.3, 0.4) is 0 Å². The highest BCUT2D eigenvalue weighted by atomic mass is 16.3. The van der Waals surface area contributed by atoms with E-state index in [1.807, 2.05) is 20.8 Å². The molecule has 1 saturated heterocycles. The summed E-state index contributed by atoms with van der Waals surface area (Å²) in [7, 11) is 0. The summed E-state index contributed by atoms with van der Waals surface area (Å²) in [6, 6.07) is 0. The Morgan fingerprint density at radius 2 is 1.95 bits per heavy atom. The van der Waals surface area contributed by atoms with E-state index in [-0.39, 0.29) is 10.8 Å². The summed E-state index contributed by atoms with van der Waals surface area (Å²) in [6.45, 7) is 11.9. The van der Waals surface area contributed by atoms with E-state index in [9.17, 15) is 9.90 Å². The lowest BCUT2D eigenvalue weighted by molar-refractivity contribution is -0.0111. The molecule has 2 heterocycles. The van der Waals surface area contributed by atoms with E-state index in [2.05, 4.69) is 23.7 Å². The van der Waals surface area contributed by atoms with Gasteiger partial charge in [0.25, 0.3) is 0 Å². The number of aromatic nitrogens is 1. The minimum atomic E-state index is -0.689. The monoisotopic (exact) mass is 264 g/mol. The lowest BCUT2D eigenvalue weighted by Crippen LogP contribution is -2.40. The Morgan fingerprint density at radius 3 is 2.47 bits per heavy atom. The lowest BCUT2D eigenvalue weighted by atomic mass is 9.79. The van der Waals surface area contributed by atoms with E-state index in [4.69, 9.17) is 0 Å². The highest BCUT2D eigenvalue weighted by Crippen LogP contribution is 2.38. The molecule has 4 nitrogen and oxygen atoms in total. The molecule has 1 aromatic heterocycles. The second-order valence-corrected chi connectivity index (χ2v) is 6.71. The number of rotatable bonds is 2. The van der Waals surface area contributed by atoms with Crippen LogP contribution in [-0.2, 0) is 6.54 Å². The molecule has 0 saturated carbocycles. The number of hydrogen-bond acceptors (Lipinski definition) is 3. The SMILES string of the molecule is Cc1c[nH]c(CN2CC(C)(C)[C@@](C)(O)C2)c(C)c1=O. The number of β-amino-alcohol motifs (C(OH)–C–C–N with tert-alkyl or cyclic N) is 1. The van der Waals surface area contributed by atoms with Crippen LogP contribution >= 0.6 is 0 Å². The molecule has 0 radical (unpaired) electrons. The van der Waals surface area contributed by atoms with Gasteiger partial charge in [-0.3, -0.25) is 9.69 Å². The van der Waals surface area contributed by atoms with Crippen LogP contribution in [0.1, 0.15) is 37.6 Å². The van der Waals surface area contributed by atoms with Crippen LogP contribution in [0.4, 0.5) is 0 Å². The van der Waals surface area contributed by atoms with Crippen molar-refractivity contribution in [1.82, 2.24) is 9.88 Å². The maximum absolute atomic E-state index is 11.9. The zero-order valence-corrected chi connectivity index (χ0v) is 12.5. The zero-order valence-electron chi connectivity index (χ0n) is 12.5. The van der Waals surface area contributed by atoms with Crippen molar-refractivity contribution in [2.75, 3.05) is 13.1 Å². The molecule has 0 aromatic carbocycles. The fraction of sp³-hybridized carbons (Fsp3) is 0.667. The van der Waals surface area contributed by atoms with Crippen LogP contribution in [0.2, 0.25) is 0 Å². The third-order valence-corrected chi connectivity index (χ3v) is 4.60. The van der Waals surface area contributed by atoms with Gasteiger partial charge in [0.1, 0.15) is 0 Å². The Kier molecular flexibility index (Phi) is 3.35. The van der Waals surface area contributed by atoms with E-state index in [1.165, 1.54) is 0 Å². The zero-order chi connectivity index (χ0) is 14.4. The highest BCUT2D eigenvalue weighted by Gasteiger charge is 2.47. The van der Waals surface area contributed by atoms with Crippen LogP contribution in [0.25, 0.3) is 0 Å². The van der Waals surface area contributed by atoms with Gasteiger partial charge in [-0.15, -0.1) is 0 Å². The molecule has 0 unspecified atom stereocenters. The molecule has 4 heteroatoms. The molecule has 0 bridgehead atoms. The number of aryl methyl sites for hydroxylation is 1. The van der Waals surface area contributed by atoms with Crippen LogP contribution < -0.4 is 5.43 Å². The molecule has 1 atom stereocenters. The molecule has 2 rings (SSSR count). The van der Waals surface area contributed by atoms with Gasteiger partial charge >= 0.3 is 0 Å². The van der Waals surface area contributed by atoms with Gasteiger partial charge in [-0.25, -0.2) is 0 Å². The molecule has 0 amide bonds. The number of nitrogens with one attached hydrogen (secondary N) is 1. The predicted octanol–water partition coefficient (Wildman–Crippen LogP) is 1.58. The van der Waals surface area contributed by atoms with Gasteiger partial charge in [-0.1, -0.05) is 13.8 Å². The van der Waals surface area contributed by atoms with Gasteiger partial charge in [0, 0.05) is 48.1 Å². The summed E-state index contributed by atoms with van der Waals surface area (Å²) in [5.41, 5.74) is 1.76. The maximum atomic E-state index is 11.9. The first-order chi connectivity index (χ1) is 8.64. The number of H-pyrrole nitrogens is 1. The lowest BCUT2D eigenvalue weighted by Gasteiger charge is -2.31. The van der Waals surface area contributed by atoms with Crippen molar-refractivity contribution in [2.45, 2.75) is 46.8 Å². The largest absolute Gasteiger partial charge is 0.388 e. The van der Waals surface area contributed by atoms with Crippen molar-refractivity contribution in [1.29, 1.82) is 0 Å². The second kappa shape index (κ2) is 4.46. The maximum Gasteiger partial charge on any atom is 0.187 e. The van der Waals surface area contributed by atoms with E-state index in [0.29, 0.717) is 13.1 Å². The Balaban J connectivity index is 2.21. The molecule has 1 aromatic rings. The number of likely N-dealkylation sites (tertiary alicyclic amines) is 1. The number of aliphatic hydroxyl groups is 1. The van der Waals surface area contributed by atoms with E-state index in [1.54, 1.807) is 6.20 Å². The van der Waals surface area contributed by atoms with Crippen molar-refractivity contribution in [3.8, 4) is 0 Å². The van der Waals surface area contributed by atoms with Crippen LogP contribution in [0, 0.1) is 19.3 Å². The van der Waals surface area contributed by atoms with Crippen molar-refractivity contribution in [2.24, 2.45) is 5.41 Å². The normalized spacial score (nSPS) is 26.8. The first kappa shape index (κ1) is 14.3. The van der Waals surface area contributed by atoms with Crippen molar-refractivity contribution < 1.29 is 5.11 Å². The molecule has 0 spiro atoms. The highest BCUT2D eigenvalue weighted by molar-refractivity contribution is 5.23. The first-order valence-electron chi connectivity index (χ1n) is 6.76. The minimum Gasteiger partial charge on any atom is -0.388 e. The Labute approximate surface area is 114 Å². The average Bonchev–Trinajstić information content (AvgIpc) is 2.48. The van der Waals surface area contributed by atoms with Crippen molar-refractivity contribution >= 4 is 0 Å². The second-order valence-electron chi connectivity index (χ2n) is 6.71. The van der Waals surface area contributed by atoms with Gasteiger partial charge in [0.15, 0.2) is 5.43 Å². The van der Waals surface area contributed by atoms with Gasteiger partial charge in [0.05, 0.1) is 5.60 Å². The third-order valence-electron chi connectivity index (χ3n) is 4.60. The topological polar surface area (TPSA) is 56.3 Å². The molecule has 19 heavy (non-hydrogen) atoms. The number of hydrogen-bond donors (Lipinski definition) is 2. The van der Waals surface area contributed by atoms with Crippen molar-refractivity contribution in [3.63, 3.8) is 0 Å². The number of aromatic amines is 1. The van der Waals surface area contributed by atoms with E-state index < -0.39 is 5.60 Å². The molecule has 1 aliphatic rings. The minimum absolute atomic E-state index is 0.110. The summed E-state index contributed by atoms with van der Waals surface area (Å²) in [6.07, 6.45) is 1.77. The van der Waals surface area contributed by atoms with Crippen LogP contribution in [0.5, 0.6) is 0 Å². The fourth-order valence-electron chi connectivity index (χ4n) is 2.74. The van der Waals surface area contributed by atoms with Gasteiger partial charge in [-0.2, -0.15) is 0 Å². The third kappa shape index (κ3) is 2.47. The van der Waals surface area contributed by atoms with Gasteiger partial charge in [-0.05, 0) is 20.8 Å². The summed E-state index contributed by atoms with van der Waals surface area (Å²) in [5.74, 6) is 0. The predicted molar refractivity (Wildman–Crippen MR) is 76.2 cm³/mol. The van der Waals surface area contributed by atoms with Crippen molar-refractivity contribution in [3.05, 3.63) is 33.2 Å². The molecular formula is C15H24N2O2. The fourth-order valence-corrected chi connectivity index (χ4v) is 2.74.